The predicted molar refractivity (Wildman–Crippen MR) is 124 cm³/mol. The lowest BCUT2D eigenvalue weighted by molar-refractivity contribution is -0.190. The Labute approximate surface area is 211 Å². The monoisotopic (exact) mass is 542 g/mol. The van der Waals surface area contributed by atoms with Gasteiger partial charge in [-0.15, -0.1) is 0 Å². The summed E-state index contributed by atoms with van der Waals surface area (Å²) in [4.78, 5) is 14.5. The summed E-state index contributed by atoms with van der Waals surface area (Å²) >= 11 is 6.25. The minimum Gasteiger partial charge on any atom is -0.484 e. The molecule has 1 fully saturated rings. The minimum absolute atomic E-state index is 0.0905. The van der Waals surface area contributed by atoms with Crippen LogP contribution in [-0.4, -0.2) is 62.0 Å². The highest BCUT2D eigenvalue weighted by molar-refractivity contribution is 7.89. The quantitative estimate of drug-likeness (QED) is 0.635. The molecule has 4 rings (SSSR count). The zero-order chi connectivity index (χ0) is 26.4. The standard InChI is InChI=1S/C23H22ClF3N4O4S/c1-13-12-30(6-7-31(13)22(32)23(25,26)27)20-10-18-14(11-28)8-15(24)9-19(18)21(20)35-16-2-4-17(5-3-16)36(29,33)34/h2-5,8-9,13,20-21H,6-7,10,12H2,1H3,(H2,29,33,34)/t13-,20+,21+/m1/s1. The first-order valence-electron chi connectivity index (χ1n) is 10.9. The van der Waals surface area contributed by atoms with Crippen molar-refractivity contribution in [2.75, 3.05) is 19.6 Å². The van der Waals surface area contributed by atoms with Gasteiger partial charge in [-0.3, -0.25) is 9.69 Å². The molecule has 1 aliphatic carbocycles. The molecule has 3 atom stereocenters. The van der Waals surface area contributed by atoms with Crippen molar-refractivity contribution in [3.8, 4) is 11.8 Å². The zero-order valence-electron chi connectivity index (χ0n) is 19.0. The lowest BCUT2D eigenvalue weighted by atomic mass is 10.0. The van der Waals surface area contributed by atoms with E-state index in [0.29, 0.717) is 28.3 Å². The number of sulfonamides is 1. The number of primary sulfonamides is 1. The Kier molecular flexibility index (Phi) is 6.96. The van der Waals surface area contributed by atoms with Crippen LogP contribution < -0.4 is 9.88 Å². The number of ether oxygens (including phenoxy) is 1. The van der Waals surface area contributed by atoms with E-state index in [1.54, 1.807) is 19.1 Å². The van der Waals surface area contributed by atoms with Crippen LogP contribution in [0.25, 0.3) is 0 Å². The molecule has 0 saturated carbocycles. The van der Waals surface area contributed by atoms with E-state index in [2.05, 4.69) is 6.07 Å². The molecule has 13 heteroatoms. The minimum atomic E-state index is -4.95. The maximum atomic E-state index is 13.0. The molecule has 0 spiro atoms. The first-order chi connectivity index (χ1) is 16.8. The smallest absolute Gasteiger partial charge is 0.471 e. The molecule has 2 aromatic rings. The largest absolute Gasteiger partial charge is 0.484 e. The molecule has 36 heavy (non-hydrogen) atoms. The number of fused-ring (bicyclic) bond motifs is 1. The van der Waals surface area contributed by atoms with Gasteiger partial charge in [-0.2, -0.15) is 18.4 Å². The number of hydrogen-bond acceptors (Lipinski definition) is 6. The van der Waals surface area contributed by atoms with E-state index in [1.165, 1.54) is 24.3 Å². The first kappa shape index (κ1) is 26.2. The molecule has 2 aromatic carbocycles. The van der Waals surface area contributed by atoms with Crippen LogP contribution in [0.4, 0.5) is 13.2 Å². The molecule has 0 aromatic heterocycles. The topological polar surface area (TPSA) is 117 Å². The Bertz CT molecular complexity index is 1330. The van der Waals surface area contributed by atoms with Crippen LogP contribution in [0.2, 0.25) is 5.02 Å². The summed E-state index contributed by atoms with van der Waals surface area (Å²) in [6.45, 7) is 1.77. The van der Waals surface area contributed by atoms with Crippen molar-refractivity contribution in [1.29, 1.82) is 5.26 Å². The molecule has 2 aliphatic rings. The van der Waals surface area contributed by atoms with Crippen molar-refractivity contribution in [1.82, 2.24) is 9.80 Å². The highest BCUT2D eigenvalue weighted by atomic mass is 35.5. The van der Waals surface area contributed by atoms with E-state index in [4.69, 9.17) is 21.5 Å². The number of carbonyl (C=O) groups is 1. The molecule has 1 amide bonds. The number of halogens is 4. The average Bonchev–Trinajstić information content (AvgIpc) is 3.15. The van der Waals surface area contributed by atoms with Crippen molar-refractivity contribution in [2.45, 2.75) is 42.6 Å². The summed E-state index contributed by atoms with van der Waals surface area (Å²) in [6, 6.07) is 9.80. The third kappa shape index (κ3) is 5.15. The van der Waals surface area contributed by atoms with Crippen LogP contribution in [0.5, 0.6) is 5.75 Å². The second-order valence-electron chi connectivity index (χ2n) is 8.80. The van der Waals surface area contributed by atoms with Gasteiger partial charge in [0, 0.05) is 30.7 Å². The molecule has 0 bridgehead atoms. The van der Waals surface area contributed by atoms with E-state index in [0.717, 1.165) is 10.5 Å². The molecule has 0 radical (unpaired) electrons. The number of piperazine rings is 1. The molecular formula is C23H22ClF3N4O4S. The second-order valence-corrected chi connectivity index (χ2v) is 10.8. The number of nitriles is 1. The SMILES string of the molecule is C[C@@H]1CN([C@H]2Cc3c(C#N)cc(Cl)cc3[C@@H]2Oc2ccc(S(N)(=O)=O)cc2)CCN1C(=O)C(F)(F)F. The van der Waals surface area contributed by atoms with E-state index >= 15 is 0 Å². The van der Waals surface area contributed by atoms with Gasteiger partial charge in [-0.25, -0.2) is 13.6 Å². The Morgan fingerprint density at radius 3 is 2.44 bits per heavy atom. The van der Waals surface area contributed by atoms with Crippen LogP contribution in [-0.2, 0) is 21.2 Å². The summed E-state index contributed by atoms with van der Waals surface area (Å²) in [5, 5.41) is 15.1. The van der Waals surface area contributed by atoms with Gasteiger partial charge in [0.2, 0.25) is 10.0 Å². The molecule has 1 heterocycles. The van der Waals surface area contributed by atoms with E-state index < -0.39 is 34.3 Å². The molecule has 8 nitrogen and oxygen atoms in total. The lowest BCUT2D eigenvalue weighted by Crippen LogP contribution is -2.59. The number of amides is 1. The Morgan fingerprint density at radius 1 is 1.22 bits per heavy atom. The summed E-state index contributed by atoms with van der Waals surface area (Å²) < 4.78 is 68.4. The summed E-state index contributed by atoms with van der Waals surface area (Å²) in [5.74, 6) is -1.53. The summed E-state index contributed by atoms with van der Waals surface area (Å²) in [5.41, 5.74) is 1.76. The van der Waals surface area contributed by atoms with Crippen molar-refractivity contribution in [2.24, 2.45) is 5.14 Å². The zero-order valence-corrected chi connectivity index (χ0v) is 20.6. The van der Waals surface area contributed by atoms with Crippen molar-refractivity contribution in [3.63, 3.8) is 0 Å². The van der Waals surface area contributed by atoms with Crippen molar-refractivity contribution in [3.05, 3.63) is 58.1 Å². The average molecular weight is 543 g/mol. The van der Waals surface area contributed by atoms with Gasteiger partial charge in [0.05, 0.1) is 22.6 Å². The third-order valence-electron chi connectivity index (χ3n) is 6.49. The van der Waals surface area contributed by atoms with Gasteiger partial charge >= 0.3 is 12.1 Å². The van der Waals surface area contributed by atoms with Gasteiger partial charge in [-0.1, -0.05) is 11.6 Å². The number of benzene rings is 2. The number of carbonyl (C=O) groups excluding carboxylic acids is 1. The number of rotatable bonds is 4. The molecule has 0 unspecified atom stereocenters. The normalized spacial score (nSPS) is 22.7. The number of nitrogens with zero attached hydrogens (tertiary/aromatic N) is 3. The van der Waals surface area contributed by atoms with Gasteiger partial charge in [0.25, 0.3) is 0 Å². The fourth-order valence-electron chi connectivity index (χ4n) is 4.83. The number of hydrogen-bond donors (Lipinski definition) is 1. The third-order valence-corrected chi connectivity index (χ3v) is 7.63. The molecular weight excluding hydrogens is 521 g/mol. The van der Waals surface area contributed by atoms with E-state index in [9.17, 15) is 31.6 Å². The highest BCUT2D eigenvalue weighted by Gasteiger charge is 2.47. The maximum absolute atomic E-state index is 13.0. The van der Waals surface area contributed by atoms with Crippen LogP contribution in [0, 0.1) is 11.3 Å². The highest BCUT2D eigenvalue weighted by Crippen LogP contribution is 2.42. The second kappa shape index (κ2) is 9.55. The lowest BCUT2D eigenvalue weighted by Gasteiger charge is -2.43. The predicted octanol–water partition coefficient (Wildman–Crippen LogP) is 3.00. The van der Waals surface area contributed by atoms with Gasteiger partial charge in [0.15, 0.2) is 0 Å². The molecule has 1 aliphatic heterocycles. The van der Waals surface area contributed by atoms with Gasteiger partial charge in [0.1, 0.15) is 11.9 Å². The Morgan fingerprint density at radius 2 is 1.89 bits per heavy atom. The Hall–Kier alpha value is -2.85. The van der Waals surface area contributed by atoms with Crippen molar-refractivity contribution < 1.29 is 31.1 Å². The van der Waals surface area contributed by atoms with Crippen LogP contribution in [0.3, 0.4) is 0 Å². The van der Waals surface area contributed by atoms with Gasteiger partial charge in [-0.05, 0) is 60.9 Å². The molecule has 1 saturated heterocycles. The van der Waals surface area contributed by atoms with Crippen molar-refractivity contribution >= 4 is 27.5 Å². The fourth-order valence-corrected chi connectivity index (χ4v) is 5.57. The number of nitrogens with two attached hydrogens (primary N) is 1. The maximum Gasteiger partial charge on any atom is 0.471 e. The first-order valence-corrected chi connectivity index (χ1v) is 12.9. The van der Waals surface area contributed by atoms with Crippen LogP contribution in [0.15, 0.2) is 41.3 Å². The molecule has 192 valence electrons. The summed E-state index contributed by atoms with van der Waals surface area (Å²) in [6.07, 6.45) is -5.22. The van der Waals surface area contributed by atoms with Crippen LogP contribution >= 0.6 is 11.6 Å². The molecule has 2 N–H and O–H groups in total. The number of alkyl halides is 3. The summed E-state index contributed by atoms with van der Waals surface area (Å²) in [7, 11) is -3.90. The van der Waals surface area contributed by atoms with E-state index in [-0.39, 0.29) is 30.6 Å². The fraction of sp³-hybridized carbons (Fsp3) is 0.391. The van der Waals surface area contributed by atoms with Gasteiger partial charge < -0.3 is 9.64 Å². The Balaban J connectivity index is 1.64. The van der Waals surface area contributed by atoms with Crippen LogP contribution in [0.1, 0.15) is 29.7 Å². The van der Waals surface area contributed by atoms with E-state index in [1.807, 2.05) is 4.90 Å².